The second-order valence-electron chi connectivity index (χ2n) is 3.53. The fourth-order valence-corrected chi connectivity index (χ4v) is 2.32. The van der Waals surface area contributed by atoms with Crippen molar-refractivity contribution in [2.75, 3.05) is 5.32 Å². The standard InChI is InChI=1S/C13H7BrFIN2/c14-9-4-5-11(8(6-9)7-17)18-12-3-1-2-10(15)13(12)16/h1-6,18H. The molecule has 0 aromatic heterocycles. The Balaban J connectivity index is 2.41. The lowest BCUT2D eigenvalue weighted by Crippen LogP contribution is -1.97. The van der Waals surface area contributed by atoms with Gasteiger partial charge >= 0.3 is 0 Å². The van der Waals surface area contributed by atoms with E-state index in [9.17, 15) is 4.39 Å². The van der Waals surface area contributed by atoms with Crippen molar-refractivity contribution >= 4 is 49.9 Å². The van der Waals surface area contributed by atoms with Crippen molar-refractivity contribution in [3.63, 3.8) is 0 Å². The number of anilines is 2. The molecule has 0 spiro atoms. The van der Waals surface area contributed by atoms with Crippen LogP contribution in [0.4, 0.5) is 15.8 Å². The van der Waals surface area contributed by atoms with Gasteiger partial charge in [-0.05, 0) is 52.9 Å². The topological polar surface area (TPSA) is 35.8 Å². The van der Waals surface area contributed by atoms with Crippen LogP contribution in [0.15, 0.2) is 40.9 Å². The van der Waals surface area contributed by atoms with Gasteiger partial charge in [0.05, 0.1) is 20.5 Å². The third-order valence-corrected chi connectivity index (χ3v) is 3.91. The molecule has 0 unspecified atom stereocenters. The molecule has 0 fully saturated rings. The summed E-state index contributed by atoms with van der Waals surface area (Å²) >= 11 is 5.24. The zero-order valence-electron chi connectivity index (χ0n) is 9.05. The lowest BCUT2D eigenvalue weighted by molar-refractivity contribution is 0.621. The Morgan fingerprint density at radius 3 is 2.72 bits per heavy atom. The first-order chi connectivity index (χ1) is 8.61. The highest BCUT2D eigenvalue weighted by molar-refractivity contribution is 14.1. The molecule has 0 heterocycles. The van der Waals surface area contributed by atoms with E-state index < -0.39 is 0 Å². The molecule has 0 atom stereocenters. The molecule has 18 heavy (non-hydrogen) atoms. The van der Waals surface area contributed by atoms with Crippen molar-refractivity contribution in [1.29, 1.82) is 5.26 Å². The number of nitrogens with zero attached hydrogens (tertiary/aromatic N) is 1. The van der Waals surface area contributed by atoms with Crippen LogP contribution in [0, 0.1) is 20.7 Å². The van der Waals surface area contributed by atoms with E-state index in [2.05, 4.69) is 27.3 Å². The minimum atomic E-state index is -0.281. The number of nitrogens with one attached hydrogen (secondary N) is 1. The second kappa shape index (κ2) is 5.67. The minimum Gasteiger partial charge on any atom is -0.353 e. The first-order valence-electron chi connectivity index (χ1n) is 5.02. The van der Waals surface area contributed by atoms with Gasteiger partial charge in [-0.3, -0.25) is 0 Å². The number of nitriles is 1. The molecule has 0 saturated carbocycles. The number of halogens is 3. The van der Waals surface area contributed by atoms with Gasteiger partial charge < -0.3 is 5.32 Å². The Morgan fingerprint density at radius 2 is 2.00 bits per heavy atom. The molecule has 0 saturated heterocycles. The van der Waals surface area contributed by atoms with E-state index >= 15 is 0 Å². The minimum absolute atomic E-state index is 0.281. The highest BCUT2D eigenvalue weighted by Gasteiger charge is 2.08. The summed E-state index contributed by atoms with van der Waals surface area (Å²) in [7, 11) is 0. The van der Waals surface area contributed by atoms with E-state index in [1.54, 1.807) is 24.3 Å². The van der Waals surface area contributed by atoms with Gasteiger partial charge in [0, 0.05) is 4.47 Å². The molecule has 2 aromatic carbocycles. The van der Waals surface area contributed by atoms with Crippen LogP contribution in [0.2, 0.25) is 0 Å². The summed E-state index contributed by atoms with van der Waals surface area (Å²) in [4.78, 5) is 0. The summed E-state index contributed by atoms with van der Waals surface area (Å²) in [5.74, 6) is -0.281. The zero-order chi connectivity index (χ0) is 13.1. The van der Waals surface area contributed by atoms with Crippen molar-refractivity contribution in [1.82, 2.24) is 0 Å². The Bertz CT molecular complexity index is 637. The van der Waals surface area contributed by atoms with Crippen LogP contribution >= 0.6 is 38.5 Å². The van der Waals surface area contributed by atoms with Gasteiger partial charge in [0.25, 0.3) is 0 Å². The molecule has 0 aliphatic heterocycles. The van der Waals surface area contributed by atoms with E-state index in [0.29, 0.717) is 20.5 Å². The van der Waals surface area contributed by atoms with Gasteiger partial charge in [-0.1, -0.05) is 22.0 Å². The lowest BCUT2D eigenvalue weighted by atomic mass is 10.2. The average Bonchev–Trinajstić information content (AvgIpc) is 2.37. The lowest BCUT2D eigenvalue weighted by Gasteiger charge is -2.10. The largest absolute Gasteiger partial charge is 0.353 e. The van der Waals surface area contributed by atoms with Gasteiger partial charge in [-0.15, -0.1) is 0 Å². The van der Waals surface area contributed by atoms with Gasteiger partial charge in [0.1, 0.15) is 11.9 Å². The predicted octanol–water partition coefficient (Wildman–Crippen LogP) is 4.81. The van der Waals surface area contributed by atoms with Crippen LogP contribution in [0.25, 0.3) is 0 Å². The Labute approximate surface area is 126 Å². The summed E-state index contributed by atoms with van der Waals surface area (Å²) in [6.07, 6.45) is 0. The quantitative estimate of drug-likeness (QED) is 0.713. The van der Waals surface area contributed by atoms with E-state index in [1.165, 1.54) is 6.07 Å². The molecular weight excluding hydrogens is 410 g/mol. The Kier molecular flexibility index (Phi) is 4.19. The van der Waals surface area contributed by atoms with Crippen molar-refractivity contribution in [2.45, 2.75) is 0 Å². The monoisotopic (exact) mass is 416 g/mol. The van der Waals surface area contributed by atoms with Crippen LogP contribution in [0.5, 0.6) is 0 Å². The van der Waals surface area contributed by atoms with E-state index in [4.69, 9.17) is 5.26 Å². The number of hydrogen-bond acceptors (Lipinski definition) is 2. The molecule has 1 N–H and O–H groups in total. The summed E-state index contributed by atoms with van der Waals surface area (Å²) in [6.45, 7) is 0. The molecule has 2 rings (SSSR count). The smallest absolute Gasteiger partial charge is 0.138 e. The maximum absolute atomic E-state index is 13.4. The summed E-state index contributed by atoms with van der Waals surface area (Å²) in [6, 6.07) is 12.2. The molecule has 0 aliphatic carbocycles. The summed E-state index contributed by atoms with van der Waals surface area (Å²) in [5, 5.41) is 12.1. The molecule has 5 heteroatoms. The third-order valence-electron chi connectivity index (χ3n) is 2.32. The van der Waals surface area contributed by atoms with Crippen LogP contribution in [-0.4, -0.2) is 0 Å². The van der Waals surface area contributed by atoms with Crippen LogP contribution in [-0.2, 0) is 0 Å². The number of hydrogen-bond donors (Lipinski definition) is 1. The normalized spacial score (nSPS) is 9.89. The first kappa shape index (κ1) is 13.3. The highest BCUT2D eigenvalue weighted by atomic mass is 127. The van der Waals surface area contributed by atoms with Gasteiger partial charge in [0.15, 0.2) is 0 Å². The zero-order valence-corrected chi connectivity index (χ0v) is 12.8. The number of benzene rings is 2. The van der Waals surface area contributed by atoms with Crippen molar-refractivity contribution in [2.24, 2.45) is 0 Å². The summed E-state index contributed by atoms with van der Waals surface area (Å²) < 4.78 is 14.7. The number of rotatable bonds is 2. The molecule has 2 aromatic rings. The SMILES string of the molecule is N#Cc1cc(Br)ccc1Nc1cccc(F)c1I. The molecule has 2 nitrogen and oxygen atoms in total. The maximum Gasteiger partial charge on any atom is 0.138 e. The van der Waals surface area contributed by atoms with Crippen molar-refractivity contribution < 1.29 is 4.39 Å². The van der Waals surface area contributed by atoms with Crippen LogP contribution < -0.4 is 5.32 Å². The molecule has 0 amide bonds. The van der Waals surface area contributed by atoms with Crippen LogP contribution in [0.3, 0.4) is 0 Å². The predicted molar refractivity (Wildman–Crippen MR) is 81.3 cm³/mol. The highest BCUT2D eigenvalue weighted by Crippen LogP contribution is 2.27. The average molecular weight is 417 g/mol. The van der Waals surface area contributed by atoms with Crippen LogP contribution in [0.1, 0.15) is 5.56 Å². The van der Waals surface area contributed by atoms with E-state index in [-0.39, 0.29) is 5.82 Å². The fourth-order valence-electron chi connectivity index (χ4n) is 1.46. The first-order valence-corrected chi connectivity index (χ1v) is 6.89. The molecule has 0 bridgehead atoms. The van der Waals surface area contributed by atoms with Crippen molar-refractivity contribution in [3.05, 3.63) is 55.8 Å². The maximum atomic E-state index is 13.4. The third kappa shape index (κ3) is 2.82. The Hall–Kier alpha value is -1.13. The van der Waals surface area contributed by atoms with E-state index in [1.807, 2.05) is 28.7 Å². The molecular formula is C13H7BrFIN2. The molecule has 0 radical (unpaired) electrons. The van der Waals surface area contributed by atoms with Gasteiger partial charge in [0.2, 0.25) is 0 Å². The van der Waals surface area contributed by atoms with Gasteiger partial charge in [-0.25, -0.2) is 4.39 Å². The molecule has 0 aliphatic rings. The fraction of sp³-hybridized carbons (Fsp3) is 0. The molecule has 90 valence electrons. The van der Waals surface area contributed by atoms with Gasteiger partial charge in [-0.2, -0.15) is 5.26 Å². The Morgan fingerprint density at radius 1 is 1.22 bits per heavy atom. The second-order valence-corrected chi connectivity index (χ2v) is 5.52. The summed E-state index contributed by atoms with van der Waals surface area (Å²) in [5.41, 5.74) is 1.81. The van der Waals surface area contributed by atoms with Crippen molar-refractivity contribution in [3.8, 4) is 6.07 Å². The van der Waals surface area contributed by atoms with E-state index in [0.717, 1.165) is 4.47 Å².